The quantitative estimate of drug-likeness (QED) is 0.612. The summed E-state index contributed by atoms with van der Waals surface area (Å²) in [6.07, 6.45) is 3.08. The van der Waals surface area contributed by atoms with E-state index in [0.29, 0.717) is 16.8 Å². The number of esters is 1. The monoisotopic (exact) mass is 460 g/mol. The van der Waals surface area contributed by atoms with E-state index in [-0.39, 0.29) is 37.6 Å². The van der Waals surface area contributed by atoms with Crippen LogP contribution in [0.1, 0.15) is 36.7 Å². The van der Waals surface area contributed by atoms with Crippen LogP contribution in [0.4, 0.5) is 5.69 Å². The molecule has 0 N–H and O–H groups in total. The first-order valence-electron chi connectivity index (χ1n) is 10.3. The smallest absolute Gasteiger partial charge is 0.337 e. The summed E-state index contributed by atoms with van der Waals surface area (Å²) in [5.74, 6) is -0.531. The number of piperazine rings is 1. The van der Waals surface area contributed by atoms with Crippen LogP contribution in [0.3, 0.4) is 0 Å². The summed E-state index contributed by atoms with van der Waals surface area (Å²) in [6.45, 7) is 5.65. The molecule has 0 saturated carbocycles. The van der Waals surface area contributed by atoms with Gasteiger partial charge in [-0.2, -0.15) is 12.7 Å². The third kappa shape index (κ3) is 4.91. The molecule has 1 amide bonds. The number of hydrogen-bond acceptors (Lipinski definition) is 6. The van der Waals surface area contributed by atoms with Crippen LogP contribution in [0.5, 0.6) is 0 Å². The predicted octanol–water partition coefficient (Wildman–Crippen LogP) is 2.06. The van der Waals surface area contributed by atoms with Gasteiger partial charge >= 0.3 is 16.2 Å². The highest BCUT2D eigenvalue weighted by atomic mass is 32.2. The first-order valence-corrected chi connectivity index (χ1v) is 11.7. The summed E-state index contributed by atoms with van der Waals surface area (Å²) in [5, 5.41) is 0. The van der Waals surface area contributed by atoms with Gasteiger partial charge in [0.15, 0.2) is 0 Å². The van der Waals surface area contributed by atoms with Crippen LogP contribution in [-0.2, 0) is 26.3 Å². The molecule has 2 aromatic rings. The molecule has 3 rings (SSSR count). The van der Waals surface area contributed by atoms with Gasteiger partial charge in [-0.3, -0.25) is 14.1 Å². The number of carbonyl (C=O) groups is 2. The molecule has 2 atom stereocenters. The Morgan fingerprint density at radius 3 is 2.25 bits per heavy atom. The van der Waals surface area contributed by atoms with E-state index in [4.69, 9.17) is 4.74 Å². The van der Waals surface area contributed by atoms with Gasteiger partial charge in [-0.1, -0.05) is 12.1 Å². The molecule has 0 aliphatic carbocycles. The van der Waals surface area contributed by atoms with E-state index < -0.39 is 16.2 Å². The molecule has 1 saturated heterocycles. The van der Waals surface area contributed by atoms with Crippen LogP contribution in [0.2, 0.25) is 0 Å². The van der Waals surface area contributed by atoms with Crippen LogP contribution in [-0.4, -0.2) is 66.8 Å². The maximum absolute atomic E-state index is 13.7. The largest absolute Gasteiger partial charge is 0.465 e. The number of benzene rings is 1. The van der Waals surface area contributed by atoms with Crippen molar-refractivity contribution in [3.05, 3.63) is 59.9 Å². The number of aromatic nitrogens is 1. The zero-order valence-corrected chi connectivity index (χ0v) is 19.4. The number of carbonyl (C=O) groups excluding carboxylic acids is 2. The number of ether oxygens (including phenoxy) is 1. The fourth-order valence-corrected chi connectivity index (χ4v) is 5.83. The van der Waals surface area contributed by atoms with Crippen molar-refractivity contribution in [3.63, 3.8) is 0 Å². The van der Waals surface area contributed by atoms with Gasteiger partial charge < -0.3 is 9.64 Å². The van der Waals surface area contributed by atoms with Gasteiger partial charge in [0.1, 0.15) is 0 Å². The summed E-state index contributed by atoms with van der Waals surface area (Å²) in [7, 11) is -2.62. The van der Waals surface area contributed by atoms with Crippen molar-refractivity contribution < 1.29 is 22.7 Å². The van der Waals surface area contributed by atoms with E-state index in [0.717, 1.165) is 0 Å². The lowest BCUT2D eigenvalue weighted by Gasteiger charge is -2.44. The summed E-state index contributed by atoms with van der Waals surface area (Å²) in [5.41, 5.74) is 1.52. The van der Waals surface area contributed by atoms with Crippen molar-refractivity contribution in [2.45, 2.75) is 39.4 Å². The van der Waals surface area contributed by atoms with Gasteiger partial charge in [-0.05, 0) is 43.7 Å². The summed E-state index contributed by atoms with van der Waals surface area (Å²) >= 11 is 0. The average Bonchev–Trinajstić information content (AvgIpc) is 2.77. The lowest BCUT2D eigenvalue weighted by molar-refractivity contribution is -0.135. The third-order valence-corrected chi connectivity index (χ3v) is 7.34. The minimum Gasteiger partial charge on any atom is -0.465 e. The van der Waals surface area contributed by atoms with Gasteiger partial charge in [0.2, 0.25) is 5.91 Å². The molecule has 172 valence electrons. The maximum Gasteiger partial charge on any atom is 0.337 e. The zero-order chi connectivity index (χ0) is 23.5. The highest BCUT2D eigenvalue weighted by Gasteiger charge is 2.39. The Balaban J connectivity index is 1.92. The Labute approximate surface area is 188 Å². The molecular formula is C22H28N4O5S. The fraction of sp³-hybridized carbons (Fsp3) is 0.409. The van der Waals surface area contributed by atoms with Crippen LogP contribution < -0.4 is 4.31 Å². The van der Waals surface area contributed by atoms with Crippen molar-refractivity contribution in [1.82, 2.24) is 14.2 Å². The minimum atomic E-state index is -3.92. The molecule has 1 fully saturated rings. The molecule has 0 radical (unpaired) electrons. The molecule has 1 aliphatic rings. The Morgan fingerprint density at radius 1 is 1.12 bits per heavy atom. The second kappa shape index (κ2) is 9.66. The molecule has 10 heteroatoms. The normalized spacial score (nSPS) is 19.4. The number of nitrogens with zero attached hydrogens (tertiary/aromatic N) is 4. The molecule has 0 unspecified atom stereocenters. The van der Waals surface area contributed by atoms with Crippen LogP contribution in [0, 0.1) is 0 Å². The van der Waals surface area contributed by atoms with Crippen molar-refractivity contribution in [1.29, 1.82) is 0 Å². The highest BCUT2D eigenvalue weighted by molar-refractivity contribution is 7.90. The van der Waals surface area contributed by atoms with E-state index in [2.05, 4.69) is 4.98 Å². The van der Waals surface area contributed by atoms with Gasteiger partial charge in [0, 0.05) is 38.3 Å². The second-order valence-corrected chi connectivity index (χ2v) is 9.71. The van der Waals surface area contributed by atoms with Crippen LogP contribution in [0.15, 0.2) is 48.8 Å². The van der Waals surface area contributed by atoms with Crippen molar-refractivity contribution in [3.8, 4) is 0 Å². The number of methoxy groups -OCH3 is 1. The first-order chi connectivity index (χ1) is 15.1. The molecule has 32 heavy (non-hydrogen) atoms. The first kappa shape index (κ1) is 23.7. The molecule has 9 nitrogen and oxygen atoms in total. The number of amides is 1. The van der Waals surface area contributed by atoms with Crippen molar-refractivity contribution in [2.75, 3.05) is 24.5 Å². The van der Waals surface area contributed by atoms with E-state index in [1.54, 1.807) is 47.5 Å². The molecule has 1 aromatic carbocycles. The van der Waals surface area contributed by atoms with Gasteiger partial charge in [0.25, 0.3) is 0 Å². The van der Waals surface area contributed by atoms with Crippen LogP contribution >= 0.6 is 0 Å². The number of anilines is 1. The van der Waals surface area contributed by atoms with Gasteiger partial charge in [-0.25, -0.2) is 4.79 Å². The van der Waals surface area contributed by atoms with E-state index >= 15 is 0 Å². The molecule has 0 bridgehead atoms. The van der Waals surface area contributed by atoms with Crippen molar-refractivity contribution in [2.24, 2.45) is 0 Å². The highest BCUT2D eigenvalue weighted by Crippen LogP contribution is 2.26. The third-order valence-electron chi connectivity index (χ3n) is 5.49. The molecular weight excluding hydrogens is 432 g/mol. The Morgan fingerprint density at radius 2 is 1.75 bits per heavy atom. The van der Waals surface area contributed by atoms with Gasteiger partial charge in [-0.15, -0.1) is 0 Å². The number of hydrogen-bond donors (Lipinski definition) is 0. The van der Waals surface area contributed by atoms with Crippen LogP contribution in [0.25, 0.3) is 0 Å². The SMILES string of the molecule is COC(=O)c1ccc(CN(c2cccnc2)S(=O)(=O)N2C[C@@H](C)N(C(C)=O)[C@@H](C)C2)cc1. The topological polar surface area (TPSA) is 100 Å². The molecule has 1 aromatic heterocycles. The molecule has 1 aliphatic heterocycles. The predicted molar refractivity (Wildman–Crippen MR) is 120 cm³/mol. The number of rotatable bonds is 6. The summed E-state index contributed by atoms with van der Waals surface area (Å²) < 4.78 is 34.9. The second-order valence-electron chi connectivity index (χ2n) is 7.86. The zero-order valence-electron chi connectivity index (χ0n) is 18.6. The molecule has 0 spiro atoms. The Kier molecular flexibility index (Phi) is 7.15. The summed E-state index contributed by atoms with van der Waals surface area (Å²) in [4.78, 5) is 29.5. The number of pyridine rings is 1. The Hall–Kier alpha value is -2.98. The van der Waals surface area contributed by atoms with E-state index in [1.807, 2.05) is 13.8 Å². The molecule has 2 heterocycles. The lowest BCUT2D eigenvalue weighted by atomic mass is 10.1. The lowest BCUT2D eigenvalue weighted by Crippen LogP contribution is -2.61. The average molecular weight is 461 g/mol. The maximum atomic E-state index is 13.7. The van der Waals surface area contributed by atoms with E-state index in [9.17, 15) is 18.0 Å². The van der Waals surface area contributed by atoms with E-state index in [1.165, 1.54) is 28.8 Å². The standard InChI is InChI=1S/C22H28N4O5S/c1-16-13-24(14-17(2)26(16)18(3)27)32(29,30)25(21-6-5-11-23-12-21)15-19-7-9-20(10-8-19)22(28)31-4/h5-12,16-17H,13-15H2,1-4H3/t16-,17+. The fourth-order valence-electron chi connectivity index (χ4n) is 4.06. The van der Waals surface area contributed by atoms with Crippen molar-refractivity contribution >= 4 is 27.8 Å². The van der Waals surface area contributed by atoms with Gasteiger partial charge in [0.05, 0.1) is 31.1 Å². The summed E-state index contributed by atoms with van der Waals surface area (Å²) in [6, 6.07) is 9.47. The Bertz CT molecular complexity index is 1050. The minimum absolute atomic E-state index is 0.0607.